The number of anilines is 1. The molecule has 0 atom stereocenters. The van der Waals surface area contributed by atoms with Gasteiger partial charge in [0.25, 0.3) is 5.89 Å². The van der Waals surface area contributed by atoms with Gasteiger partial charge in [-0.25, -0.2) is 13.2 Å². The maximum atomic E-state index is 12.8. The molecular weight excluding hydrogens is 555 g/mol. The molecule has 5 rings (SSSR count). The monoisotopic (exact) mass is 580 g/mol. The number of benzene rings is 1. The third-order valence-corrected chi connectivity index (χ3v) is 9.47. The first kappa shape index (κ1) is 26.7. The van der Waals surface area contributed by atoms with Crippen LogP contribution in [-0.2, 0) is 22.5 Å². The van der Waals surface area contributed by atoms with Crippen LogP contribution in [0.5, 0.6) is 0 Å². The molecule has 11 nitrogen and oxygen atoms in total. The van der Waals surface area contributed by atoms with Gasteiger partial charge < -0.3 is 19.3 Å². The van der Waals surface area contributed by atoms with Gasteiger partial charge in [-0.05, 0) is 38.0 Å². The Morgan fingerprint density at radius 2 is 1.79 bits per heavy atom. The van der Waals surface area contributed by atoms with Gasteiger partial charge in [-0.15, -0.1) is 0 Å². The van der Waals surface area contributed by atoms with E-state index in [2.05, 4.69) is 15.5 Å². The SMILES string of the molecule is CCS(=O)(=O)N1CCN(C(=O)Nc2cc(Cl)c(C3(c4noc(-c5ccc(=O)n(C)c5)n4)CC3)c(Cl)c2)CC1. The van der Waals surface area contributed by atoms with E-state index in [9.17, 15) is 18.0 Å². The molecule has 202 valence electrons. The van der Waals surface area contributed by atoms with Crippen molar-refractivity contribution < 1.29 is 17.7 Å². The molecule has 2 aromatic heterocycles. The second kappa shape index (κ2) is 9.99. The molecule has 3 aromatic rings. The molecule has 1 aromatic carbocycles. The van der Waals surface area contributed by atoms with Crippen LogP contribution in [0.2, 0.25) is 10.0 Å². The molecule has 2 aliphatic rings. The standard InChI is InChI=1S/C24H26Cl2N6O5S/c1-3-38(35,36)32-10-8-31(9-11-32)23(34)27-16-12-17(25)20(18(26)13-16)24(6-7-24)22-28-21(37-29-22)15-4-5-19(33)30(2)14-15/h4-5,12-14H,3,6-11H2,1-2H3,(H,27,34). The molecule has 3 heterocycles. The Hall–Kier alpha value is -2.93. The fourth-order valence-electron chi connectivity index (χ4n) is 4.62. The first-order valence-corrected chi connectivity index (χ1v) is 14.4. The average Bonchev–Trinajstić information content (AvgIpc) is 3.51. The van der Waals surface area contributed by atoms with E-state index in [1.165, 1.54) is 14.9 Å². The molecule has 0 radical (unpaired) electrons. The number of aromatic nitrogens is 3. The molecule has 0 bridgehead atoms. The van der Waals surface area contributed by atoms with Crippen LogP contribution in [0, 0.1) is 0 Å². The number of piperazine rings is 1. The molecule has 1 saturated heterocycles. The van der Waals surface area contributed by atoms with Gasteiger partial charge in [0.05, 0.1) is 16.7 Å². The molecule has 1 aliphatic carbocycles. The van der Waals surface area contributed by atoms with Crippen LogP contribution in [0.4, 0.5) is 10.5 Å². The van der Waals surface area contributed by atoms with Crippen molar-refractivity contribution in [2.24, 2.45) is 7.05 Å². The molecule has 14 heteroatoms. The third-order valence-electron chi connectivity index (χ3n) is 6.99. The van der Waals surface area contributed by atoms with Gasteiger partial charge in [-0.2, -0.15) is 9.29 Å². The number of urea groups is 1. The fourth-order valence-corrected chi connectivity index (χ4v) is 6.56. The minimum Gasteiger partial charge on any atom is -0.334 e. The first-order valence-electron chi connectivity index (χ1n) is 12.1. The fraction of sp³-hybridized carbons (Fsp3) is 0.417. The van der Waals surface area contributed by atoms with E-state index in [1.807, 2.05) is 0 Å². The number of hydrogen-bond acceptors (Lipinski definition) is 7. The normalized spacial score (nSPS) is 17.4. The quantitative estimate of drug-likeness (QED) is 0.473. The van der Waals surface area contributed by atoms with Crippen LogP contribution in [0.15, 0.2) is 39.8 Å². The van der Waals surface area contributed by atoms with Gasteiger partial charge in [-0.1, -0.05) is 28.4 Å². The third kappa shape index (κ3) is 4.93. The van der Waals surface area contributed by atoms with E-state index in [1.54, 1.807) is 43.3 Å². The summed E-state index contributed by atoms with van der Waals surface area (Å²) in [5.74, 6) is 0.759. The Labute approximate surface area is 229 Å². The summed E-state index contributed by atoms with van der Waals surface area (Å²) >= 11 is 13.4. The number of carbonyl (C=O) groups excluding carboxylic acids is 1. The van der Waals surface area contributed by atoms with E-state index in [-0.39, 0.29) is 49.4 Å². The predicted octanol–water partition coefficient (Wildman–Crippen LogP) is 3.32. The molecule has 1 N–H and O–H groups in total. The van der Waals surface area contributed by atoms with Crippen molar-refractivity contribution in [1.82, 2.24) is 23.9 Å². The molecular formula is C24H26Cl2N6O5S. The summed E-state index contributed by atoms with van der Waals surface area (Å²) in [6.07, 6.45) is 3.06. The van der Waals surface area contributed by atoms with Gasteiger partial charge >= 0.3 is 6.03 Å². The van der Waals surface area contributed by atoms with E-state index in [4.69, 9.17) is 27.7 Å². The smallest absolute Gasteiger partial charge is 0.321 e. The second-order valence-electron chi connectivity index (χ2n) is 9.40. The summed E-state index contributed by atoms with van der Waals surface area (Å²) < 4.78 is 32.4. The molecule has 0 spiro atoms. The van der Waals surface area contributed by atoms with Crippen LogP contribution in [-0.4, -0.2) is 70.3 Å². The highest BCUT2D eigenvalue weighted by atomic mass is 35.5. The molecule has 2 amide bonds. The van der Waals surface area contributed by atoms with Crippen molar-refractivity contribution in [2.75, 3.05) is 37.2 Å². The van der Waals surface area contributed by atoms with Crippen LogP contribution in [0.1, 0.15) is 31.2 Å². The van der Waals surface area contributed by atoms with Crippen molar-refractivity contribution in [3.8, 4) is 11.5 Å². The lowest BCUT2D eigenvalue weighted by atomic mass is 9.94. The van der Waals surface area contributed by atoms with Gasteiger partial charge in [0.15, 0.2) is 5.82 Å². The van der Waals surface area contributed by atoms with Gasteiger partial charge in [0.2, 0.25) is 15.6 Å². The van der Waals surface area contributed by atoms with Crippen molar-refractivity contribution in [2.45, 2.75) is 25.2 Å². The number of pyridine rings is 1. The van der Waals surface area contributed by atoms with E-state index >= 15 is 0 Å². The molecule has 0 unspecified atom stereocenters. The zero-order valence-electron chi connectivity index (χ0n) is 20.8. The summed E-state index contributed by atoms with van der Waals surface area (Å²) in [4.78, 5) is 30.6. The van der Waals surface area contributed by atoms with Crippen molar-refractivity contribution >= 4 is 44.9 Å². The second-order valence-corrected chi connectivity index (χ2v) is 12.5. The Balaban J connectivity index is 1.32. The molecule has 1 saturated carbocycles. The lowest BCUT2D eigenvalue weighted by molar-refractivity contribution is 0.184. The van der Waals surface area contributed by atoms with Crippen molar-refractivity contribution in [3.05, 3.63) is 62.2 Å². The summed E-state index contributed by atoms with van der Waals surface area (Å²) in [7, 11) is -1.64. The highest BCUT2D eigenvalue weighted by molar-refractivity contribution is 7.89. The lowest BCUT2D eigenvalue weighted by Crippen LogP contribution is -2.51. The predicted molar refractivity (Wildman–Crippen MR) is 143 cm³/mol. The highest BCUT2D eigenvalue weighted by Crippen LogP contribution is 2.57. The van der Waals surface area contributed by atoms with Crippen LogP contribution in [0.3, 0.4) is 0 Å². The van der Waals surface area contributed by atoms with Gasteiger partial charge in [0, 0.05) is 66.8 Å². The van der Waals surface area contributed by atoms with Gasteiger partial charge in [0.1, 0.15) is 0 Å². The molecule has 38 heavy (non-hydrogen) atoms. The maximum absolute atomic E-state index is 12.8. The zero-order valence-corrected chi connectivity index (χ0v) is 23.1. The summed E-state index contributed by atoms with van der Waals surface area (Å²) in [5.41, 5.74) is 0.937. The van der Waals surface area contributed by atoms with Crippen LogP contribution < -0.4 is 10.9 Å². The average molecular weight is 581 g/mol. The van der Waals surface area contributed by atoms with E-state index in [0.717, 1.165) is 12.8 Å². The number of hydrogen-bond donors (Lipinski definition) is 1. The Bertz CT molecular complexity index is 1540. The molecule has 2 fully saturated rings. The Kier molecular flexibility index (Phi) is 7.01. The van der Waals surface area contributed by atoms with Crippen LogP contribution in [0.25, 0.3) is 11.5 Å². The van der Waals surface area contributed by atoms with Crippen LogP contribution >= 0.6 is 23.2 Å². The van der Waals surface area contributed by atoms with E-state index in [0.29, 0.717) is 32.7 Å². The van der Waals surface area contributed by atoms with E-state index < -0.39 is 15.4 Å². The number of sulfonamides is 1. The largest absolute Gasteiger partial charge is 0.334 e. The number of aryl methyl sites for hydroxylation is 1. The topological polar surface area (TPSA) is 131 Å². The number of carbonyl (C=O) groups is 1. The summed E-state index contributed by atoms with van der Waals surface area (Å²) in [5, 5.41) is 7.71. The lowest BCUT2D eigenvalue weighted by Gasteiger charge is -2.33. The maximum Gasteiger partial charge on any atom is 0.321 e. The molecule has 1 aliphatic heterocycles. The van der Waals surface area contributed by atoms with Gasteiger partial charge in [-0.3, -0.25) is 4.79 Å². The number of rotatable bonds is 6. The summed E-state index contributed by atoms with van der Waals surface area (Å²) in [6, 6.07) is 5.96. The number of nitrogens with zero attached hydrogens (tertiary/aromatic N) is 5. The Morgan fingerprint density at radius 1 is 1.13 bits per heavy atom. The minimum atomic E-state index is -3.28. The number of halogens is 2. The van der Waals surface area contributed by atoms with Crippen molar-refractivity contribution in [3.63, 3.8) is 0 Å². The first-order chi connectivity index (χ1) is 18.0. The highest BCUT2D eigenvalue weighted by Gasteiger charge is 2.52. The number of nitrogens with one attached hydrogen (secondary N) is 1. The summed E-state index contributed by atoms with van der Waals surface area (Å²) in [6.45, 7) is 2.66. The minimum absolute atomic E-state index is 0.0302. The zero-order chi connectivity index (χ0) is 27.2. The van der Waals surface area contributed by atoms with Crippen molar-refractivity contribution in [1.29, 1.82) is 0 Å². The Morgan fingerprint density at radius 3 is 2.37 bits per heavy atom. The number of amides is 2.